The van der Waals surface area contributed by atoms with Crippen molar-refractivity contribution in [2.24, 2.45) is 0 Å². The van der Waals surface area contributed by atoms with E-state index in [1.807, 2.05) is 0 Å². The highest BCUT2D eigenvalue weighted by atomic mass is 35.5. The minimum Gasteiger partial charge on any atom is -0.352 e. The summed E-state index contributed by atoms with van der Waals surface area (Å²) in [6.45, 7) is -0.105. The molecule has 0 unspecified atom stereocenters. The third kappa shape index (κ3) is 4.78. The van der Waals surface area contributed by atoms with E-state index in [0.717, 1.165) is 57.8 Å². The fourth-order valence-electron chi connectivity index (χ4n) is 4.01. The molecule has 0 spiro atoms. The first-order chi connectivity index (χ1) is 12.5. The van der Waals surface area contributed by atoms with Crippen molar-refractivity contribution >= 4 is 27.5 Å². The van der Waals surface area contributed by atoms with E-state index < -0.39 is 10.0 Å². The van der Waals surface area contributed by atoms with Gasteiger partial charge in [-0.1, -0.05) is 43.7 Å². The Balaban J connectivity index is 1.79. The monoisotopic (exact) mass is 398 g/mol. The number of carbonyl (C=O) groups is 1. The predicted octanol–water partition coefficient (Wildman–Crippen LogP) is 3.72. The molecule has 144 valence electrons. The molecule has 5 nitrogen and oxygen atoms in total. The highest BCUT2D eigenvalue weighted by Gasteiger charge is 2.34. The average molecular weight is 399 g/mol. The number of carbonyl (C=O) groups excluding carboxylic acids is 1. The maximum atomic E-state index is 13.2. The summed E-state index contributed by atoms with van der Waals surface area (Å²) in [4.78, 5) is 12.7. The standard InChI is InChI=1S/C19H27ClN2O3S/c20-15-10-12-18(13-11-15)26(24,25)22(17-8-2-1-3-9-17)14-19(23)21-16-6-4-5-7-16/h10-13,16-17H,1-9,14H2,(H,21,23). The molecule has 2 saturated carbocycles. The van der Waals surface area contributed by atoms with Crippen LogP contribution >= 0.6 is 11.6 Å². The van der Waals surface area contributed by atoms with Gasteiger partial charge >= 0.3 is 0 Å². The molecule has 0 radical (unpaired) electrons. The summed E-state index contributed by atoms with van der Waals surface area (Å²) in [6.07, 6.45) is 8.97. The van der Waals surface area contributed by atoms with E-state index in [2.05, 4.69) is 5.32 Å². The maximum Gasteiger partial charge on any atom is 0.243 e. The van der Waals surface area contributed by atoms with Gasteiger partial charge in [-0.2, -0.15) is 4.31 Å². The molecule has 0 saturated heterocycles. The number of hydrogen-bond donors (Lipinski definition) is 1. The van der Waals surface area contributed by atoms with Gasteiger partial charge in [0.25, 0.3) is 0 Å². The number of rotatable bonds is 6. The molecular weight excluding hydrogens is 372 g/mol. The molecule has 1 aromatic carbocycles. The molecule has 3 rings (SSSR count). The summed E-state index contributed by atoms with van der Waals surface area (Å²) in [5, 5.41) is 3.51. The van der Waals surface area contributed by atoms with E-state index in [1.165, 1.54) is 16.4 Å². The van der Waals surface area contributed by atoms with Crippen LogP contribution in [0.1, 0.15) is 57.8 Å². The van der Waals surface area contributed by atoms with Crippen LogP contribution in [0.2, 0.25) is 5.02 Å². The van der Waals surface area contributed by atoms with Crippen molar-refractivity contribution < 1.29 is 13.2 Å². The number of amides is 1. The van der Waals surface area contributed by atoms with Gasteiger partial charge in [-0.05, 0) is 49.9 Å². The molecular formula is C19H27ClN2O3S. The van der Waals surface area contributed by atoms with Crippen molar-refractivity contribution in [1.82, 2.24) is 9.62 Å². The minimum absolute atomic E-state index is 0.105. The number of nitrogens with zero attached hydrogens (tertiary/aromatic N) is 1. The van der Waals surface area contributed by atoms with Gasteiger partial charge in [0.15, 0.2) is 0 Å². The zero-order chi connectivity index (χ0) is 18.6. The van der Waals surface area contributed by atoms with Crippen LogP contribution in [0.4, 0.5) is 0 Å². The second-order valence-electron chi connectivity index (χ2n) is 7.34. The normalized spacial score (nSPS) is 19.8. The third-order valence-electron chi connectivity index (χ3n) is 5.42. The SMILES string of the molecule is O=C(CN(C1CCCCC1)S(=O)(=O)c1ccc(Cl)cc1)NC1CCCC1. The molecule has 2 aliphatic rings. The molecule has 26 heavy (non-hydrogen) atoms. The summed E-state index contributed by atoms with van der Waals surface area (Å²) in [6, 6.07) is 6.26. The number of nitrogens with one attached hydrogen (secondary N) is 1. The lowest BCUT2D eigenvalue weighted by Gasteiger charge is -2.33. The molecule has 0 heterocycles. The first-order valence-electron chi connectivity index (χ1n) is 9.53. The van der Waals surface area contributed by atoms with Gasteiger partial charge in [0.05, 0.1) is 11.4 Å². The van der Waals surface area contributed by atoms with Gasteiger partial charge < -0.3 is 5.32 Å². The molecule has 0 atom stereocenters. The van der Waals surface area contributed by atoms with Crippen LogP contribution in [0, 0.1) is 0 Å². The smallest absolute Gasteiger partial charge is 0.243 e. The molecule has 1 amide bonds. The molecule has 2 fully saturated rings. The second kappa shape index (κ2) is 8.72. The molecule has 0 aromatic heterocycles. The number of sulfonamides is 1. The van der Waals surface area contributed by atoms with Crippen molar-refractivity contribution in [2.45, 2.75) is 74.8 Å². The van der Waals surface area contributed by atoms with Crippen LogP contribution < -0.4 is 5.32 Å². The Morgan fingerprint density at radius 1 is 1.00 bits per heavy atom. The summed E-state index contributed by atoms with van der Waals surface area (Å²) in [7, 11) is -3.73. The van der Waals surface area contributed by atoms with Crippen molar-refractivity contribution in [3.05, 3.63) is 29.3 Å². The Morgan fingerprint density at radius 3 is 2.19 bits per heavy atom. The van der Waals surface area contributed by atoms with Crippen LogP contribution in [0.15, 0.2) is 29.2 Å². The van der Waals surface area contributed by atoms with E-state index in [-0.39, 0.29) is 29.4 Å². The molecule has 0 aliphatic heterocycles. The van der Waals surface area contributed by atoms with Gasteiger partial charge in [-0.15, -0.1) is 0 Å². The van der Waals surface area contributed by atoms with Gasteiger partial charge in [0.1, 0.15) is 0 Å². The van der Waals surface area contributed by atoms with Crippen molar-refractivity contribution in [1.29, 1.82) is 0 Å². The lowest BCUT2D eigenvalue weighted by Crippen LogP contribution is -2.48. The van der Waals surface area contributed by atoms with Crippen molar-refractivity contribution in [2.75, 3.05) is 6.54 Å². The number of benzene rings is 1. The first-order valence-corrected chi connectivity index (χ1v) is 11.4. The van der Waals surface area contributed by atoms with Crippen LogP contribution in [0.3, 0.4) is 0 Å². The van der Waals surface area contributed by atoms with Gasteiger partial charge in [-0.25, -0.2) is 8.42 Å². The van der Waals surface area contributed by atoms with Gasteiger partial charge in [-0.3, -0.25) is 4.79 Å². The lowest BCUT2D eigenvalue weighted by molar-refractivity contribution is -0.122. The highest BCUT2D eigenvalue weighted by Crippen LogP contribution is 2.28. The Morgan fingerprint density at radius 2 is 1.58 bits per heavy atom. The van der Waals surface area contributed by atoms with E-state index in [9.17, 15) is 13.2 Å². The summed E-state index contributed by atoms with van der Waals surface area (Å²) in [5.41, 5.74) is 0. The zero-order valence-electron chi connectivity index (χ0n) is 15.0. The number of halogens is 1. The van der Waals surface area contributed by atoms with E-state index >= 15 is 0 Å². The maximum absolute atomic E-state index is 13.2. The summed E-state index contributed by atoms with van der Waals surface area (Å²) < 4.78 is 27.9. The highest BCUT2D eigenvalue weighted by molar-refractivity contribution is 7.89. The third-order valence-corrected chi connectivity index (χ3v) is 7.59. The minimum atomic E-state index is -3.73. The summed E-state index contributed by atoms with van der Waals surface area (Å²) in [5.74, 6) is -0.194. The summed E-state index contributed by atoms with van der Waals surface area (Å²) >= 11 is 5.90. The van der Waals surface area contributed by atoms with E-state index in [4.69, 9.17) is 11.6 Å². The van der Waals surface area contributed by atoms with Crippen LogP contribution in [-0.4, -0.2) is 37.3 Å². The average Bonchev–Trinajstić information content (AvgIpc) is 3.13. The van der Waals surface area contributed by atoms with Crippen molar-refractivity contribution in [3.63, 3.8) is 0 Å². The molecule has 2 aliphatic carbocycles. The molecule has 1 aromatic rings. The predicted molar refractivity (Wildman–Crippen MR) is 103 cm³/mol. The van der Waals surface area contributed by atoms with E-state index in [0.29, 0.717) is 5.02 Å². The Hall–Kier alpha value is -1.11. The van der Waals surface area contributed by atoms with Crippen molar-refractivity contribution in [3.8, 4) is 0 Å². The molecule has 7 heteroatoms. The topological polar surface area (TPSA) is 66.5 Å². The fourth-order valence-corrected chi connectivity index (χ4v) is 5.77. The quantitative estimate of drug-likeness (QED) is 0.794. The first kappa shape index (κ1) is 19.6. The van der Waals surface area contributed by atoms with Crippen LogP contribution in [0.25, 0.3) is 0 Å². The Bertz CT molecular complexity index is 709. The fraction of sp³-hybridized carbons (Fsp3) is 0.632. The van der Waals surface area contributed by atoms with Crippen LogP contribution in [-0.2, 0) is 14.8 Å². The zero-order valence-corrected chi connectivity index (χ0v) is 16.6. The molecule has 1 N–H and O–H groups in total. The van der Waals surface area contributed by atoms with E-state index in [1.54, 1.807) is 12.1 Å². The lowest BCUT2D eigenvalue weighted by atomic mass is 9.95. The largest absolute Gasteiger partial charge is 0.352 e. The second-order valence-corrected chi connectivity index (χ2v) is 9.67. The number of hydrogen-bond acceptors (Lipinski definition) is 3. The Labute approximate surface area is 161 Å². The Kier molecular flexibility index (Phi) is 6.59. The van der Waals surface area contributed by atoms with Gasteiger partial charge in [0.2, 0.25) is 15.9 Å². The van der Waals surface area contributed by atoms with Gasteiger partial charge in [0, 0.05) is 17.1 Å². The van der Waals surface area contributed by atoms with Crippen LogP contribution in [0.5, 0.6) is 0 Å². The molecule has 0 bridgehead atoms.